The fourth-order valence-corrected chi connectivity index (χ4v) is 6.93. The van der Waals surface area contributed by atoms with Gasteiger partial charge in [-0.3, -0.25) is 14.6 Å². The zero-order valence-corrected chi connectivity index (χ0v) is 20.8. The molecule has 8 rings (SSSR count). The van der Waals surface area contributed by atoms with Crippen LogP contribution in [0.15, 0.2) is 102 Å². The Balaban J connectivity index is 1.52. The number of nitrogens with zero attached hydrogens (tertiary/aromatic N) is 2. The van der Waals surface area contributed by atoms with Crippen LogP contribution in [0, 0.1) is 25.7 Å². The van der Waals surface area contributed by atoms with Gasteiger partial charge in [0, 0.05) is 12.1 Å². The Morgan fingerprint density at radius 3 is 2.03 bits per heavy atom. The van der Waals surface area contributed by atoms with Crippen molar-refractivity contribution in [2.75, 3.05) is 4.90 Å². The van der Waals surface area contributed by atoms with E-state index in [9.17, 15) is 9.59 Å². The van der Waals surface area contributed by atoms with Gasteiger partial charge in [0.1, 0.15) is 0 Å². The molecule has 4 heteroatoms. The van der Waals surface area contributed by atoms with Gasteiger partial charge < -0.3 is 0 Å². The molecule has 1 saturated heterocycles. The van der Waals surface area contributed by atoms with Crippen LogP contribution in [-0.2, 0) is 15.0 Å². The number of hydrogen-bond donors (Lipinski definition) is 0. The van der Waals surface area contributed by atoms with Gasteiger partial charge in [-0.1, -0.05) is 78.9 Å². The minimum Gasteiger partial charge on any atom is -0.274 e. The van der Waals surface area contributed by atoms with Gasteiger partial charge in [0.05, 0.1) is 28.6 Å². The lowest BCUT2D eigenvalue weighted by atomic mass is 9.47. The molecule has 3 aliphatic carbocycles. The molecule has 180 valence electrons. The molecule has 1 heterocycles. The summed E-state index contributed by atoms with van der Waals surface area (Å²) in [4.78, 5) is 35.0. The molecule has 0 N–H and O–H groups in total. The molecule has 0 aromatic heterocycles. The van der Waals surface area contributed by atoms with Crippen LogP contribution in [0.1, 0.15) is 39.3 Å². The molecule has 4 aromatic rings. The average Bonchev–Trinajstić information content (AvgIpc) is 3.21. The van der Waals surface area contributed by atoms with Crippen molar-refractivity contribution in [1.82, 2.24) is 0 Å². The Hall–Kier alpha value is -4.31. The first kappa shape index (κ1) is 21.9. The number of aryl methyl sites for hydroxylation is 1. The topological polar surface area (TPSA) is 49.7 Å². The van der Waals surface area contributed by atoms with Gasteiger partial charge in [-0.15, -0.1) is 0 Å². The van der Waals surface area contributed by atoms with E-state index in [0.717, 1.165) is 33.5 Å². The van der Waals surface area contributed by atoms with Crippen LogP contribution >= 0.6 is 0 Å². The smallest absolute Gasteiger partial charge is 0.239 e. The average molecular weight is 483 g/mol. The van der Waals surface area contributed by atoms with E-state index in [1.807, 2.05) is 72.9 Å². The van der Waals surface area contributed by atoms with E-state index in [1.54, 1.807) is 0 Å². The zero-order chi connectivity index (χ0) is 25.3. The molecule has 4 aliphatic rings. The molecule has 0 spiro atoms. The van der Waals surface area contributed by atoms with Gasteiger partial charge in [0.15, 0.2) is 0 Å². The Morgan fingerprint density at radius 1 is 0.730 bits per heavy atom. The van der Waals surface area contributed by atoms with E-state index < -0.39 is 17.3 Å². The molecule has 37 heavy (non-hydrogen) atoms. The fraction of sp³-hybridized carbons (Fsp3) is 0.182. The number of rotatable bonds is 3. The molecule has 2 atom stereocenters. The number of carbonyl (C=O) groups is 2. The number of imide groups is 1. The fourth-order valence-electron chi connectivity index (χ4n) is 6.93. The monoisotopic (exact) mass is 482 g/mol. The minimum absolute atomic E-state index is 0.125. The predicted molar refractivity (Wildman–Crippen MR) is 145 cm³/mol. The van der Waals surface area contributed by atoms with Crippen molar-refractivity contribution in [1.29, 1.82) is 0 Å². The molecule has 1 aliphatic heterocycles. The maximum atomic E-state index is 14.3. The van der Waals surface area contributed by atoms with Gasteiger partial charge >= 0.3 is 0 Å². The first-order chi connectivity index (χ1) is 18.0. The number of benzene rings is 4. The van der Waals surface area contributed by atoms with E-state index >= 15 is 0 Å². The van der Waals surface area contributed by atoms with Crippen LogP contribution in [0.4, 0.5) is 11.4 Å². The van der Waals surface area contributed by atoms with Crippen LogP contribution in [0.5, 0.6) is 0 Å². The van der Waals surface area contributed by atoms with Gasteiger partial charge in [0.25, 0.3) is 0 Å². The molecular weight excluding hydrogens is 456 g/mol. The molecule has 0 saturated carbocycles. The third-order valence-corrected chi connectivity index (χ3v) is 8.68. The van der Waals surface area contributed by atoms with Crippen molar-refractivity contribution < 1.29 is 9.59 Å². The first-order valence-electron chi connectivity index (χ1n) is 12.8. The lowest BCUT2D eigenvalue weighted by molar-refractivity contribution is -0.122. The third kappa shape index (κ3) is 2.81. The summed E-state index contributed by atoms with van der Waals surface area (Å²) in [5, 5.41) is 0. The minimum atomic E-state index is -0.848. The summed E-state index contributed by atoms with van der Waals surface area (Å²) in [6.45, 7) is 4.15. The Morgan fingerprint density at radius 2 is 1.35 bits per heavy atom. The second-order valence-electron chi connectivity index (χ2n) is 10.3. The summed E-state index contributed by atoms with van der Waals surface area (Å²) >= 11 is 0. The molecule has 4 aromatic carbocycles. The van der Waals surface area contributed by atoms with Crippen LogP contribution in [0.25, 0.3) is 0 Å². The molecule has 1 fully saturated rings. The van der Waals surface area contributed by atoms with Gasteiger partial charge in [-0.25, -0.2) is 4.90 Å². The SMILES string of the molecule is Cc1cccc(N=CC23c4ccccc4C(c4ccccc42)[C@H]2C(=O)N(c4ccccc4)C(=O)[C@H]23)c1C. The van der Waals surface area contributed by atoms with Crippen LogP contribution in [0.2, 0.25) is 0 Å². The van der Waals surface area contributed by atoms with Crippen molar-refractivity contribution in [2.45, 2.75) is 25.2 Å². The van der Waals surface area contributed by atoms with Crippen LogP contribution in [0.3, 0.4) is 0 Å². The van der Waals surface area contributed by atoms with Gasteiger partial charge in [-0.2, -0.15) is 0 Å². The summed E-state index contributed by atoms with van der Waals surface area (Å²) in [5.41, 5.74) is 7.32. The summed E-state index contributed by atoms with van der Waals surface area (Å²) in [6.07, 6.45) is 1.97. The molecule has 2 bridgehead atoms. The number of para-hydroxylation sites is 1. The van der Waals surface area contributed by atoms with Crippen molar-refractivity contribution in [2.24, 2.45) is 16.8 Å². The normalized spacial score (nSPS) is 25.4. The summed E-state index contributed by atoms with van der Waals surface area (Å²) in [7, 11) is 0. The van der Waals surface area contributed by atoms with Crippen LogP contribution in [-0.4, -0.2) is 18.0 Å². The second-order valence-corrected chi connectivity index (χ2v) is 10.3. The molecule has 0 unspecified atom stereocenters. The number of anilines is 1. The maximum Gasteiger partial charge on any atom is 0.239 e. The third-order valence-electron chi connectivity index (χ3n) is 8.68. The highest BCUT2D eigenvalue weighted by Gasteiger charge is 2.67. The lowest BCUT2D eigenvalue weighted by Crippen LogP contribution is -2.54. The summed E-state index contributed by atoms with van der Waals surface area (Å²) < 4.78 is 0. The predicted octanol–water partition coefficient (Wildman–Crippen LogP) is 6.26. The highest BCUT2D eigenvalue weighted by atomic mass is 16.2. The van der Waals surface area contributed by atoms with E-state index in [0.29, 0.717) is 5.69 Å². The first-order valence-corrected chi connectivity index (χ1v) is 12.8. The standard InChI is InChI=1S/C33H26N2O2/c1-20-11-10-18-27(21(20)2)34-19-33-25-16-8-6-14-23(25)28(24-15-7-9-17-26(24)33)29-30(33)32(37)35(31(29)36)22-12-4-3-5-13-22/h3-19,28-30H,1-2H3/t28?,29-,30+,33?/m1/s1. The molecular formula is C33H26N2O2. The van der Waals surface area contributed by atoms with E-state index in [4.69, 9.17) is 4.99 Å². The van der Waals surface area contributed by atoms with Crippen molar-refractivity contribution in [3.8, 4) is 0 Å². The number of amides is 2. The summed E-state index contributed by atoms with van der Waals surface area (Å²) in [5.74, 6) is -1.49. The largest absolute Gasteiger partial charge is 0.274 e. The van der Waals surface area contributed by atoms with Crippen molar-refractivity contribution in [3.63, 3.8) is 0 Å². The molecule has 4 nitrogen and oxygen atoms in total. The second kappa shape index (κ2) is 7.84. The van der Waals surface area contributed by atoms with E-state index in [1.165, 1.54) is 10.5 Å². The van der Waals surface area contributed by atoms with E-state index in [-0.39, 0.29) is 17.7 Å². The number of carbonyl (C=O) groups excluding carboxylic acids is 2. The Kier molecular flexibility index (Phi) is 4.65. The van der Waals surface area contributed by atoms with Crippen molar-refractivity contribution in [3.05, 3.63) is 130 Å². The zero-order valence-electron chi connectivity index (χ0n) is 20.8. The Bertz CT molecular complexity index is 1570. The number of aliphatic imine (C=N–C) groups is 1. The summed E-state index contributed by atoms with van der Waals surface area (Å²) in [6, 6.07) is 32.0. The Labute approximate surface area is 216 Å². The van der Waals surface area contributed by atoms with Crippen LogP contribution < -0.4 is 4.90 Å². The van der Waals surface area contributed by atoms with Crippen molar-refractivity contribution >= 4 is 29.4 Å². The molecule has 2 amide bonds. The molecule has 0 radical (unpaired) electrons. The quantitative estimate of drug-likeness (QED) is 0.256. The number of hydrogen-bond acceptors (Lipinski definition) is 3. The highest BCUT2D eigenvalue weighted by Crippen LogP contribution is 2.63. The van der Waals surface area contributed by atoms with E-state index in [2.05, 4.69) is 44.2 Å². The van der Waals surface area contributed by atoms with Gasteiger partial charge in [-0.05, 0) is 65.4 Å². The maximum absolute atomic E-state index is 14.3. The van der Waals surface area contributed by atoms with Gasteiger partial charge in [0.2, 0.25) is 11.8 Å². The highest BCUT2D eigenvalue weighted by molar-refractivity contribution is 6.25. The lowest BCUT2D eigenvalue weighted by Gasteiger charge is -2.52.